The van der Waals surface area contributed by atoms with E-state index >= 15 is 0 Å². The molecule has 0 spiro atoms. The van der Waals surface area contributed by atoms with Gasteiger partial charge in [-0.25, -0.2) is 14.8 Å². The highest BCUT2D eigenvalue weighted by atomic mass is 16.2. The highest BCUT2D eigenvalue weighted by Crippen LogP contribution is 2.34. The van der Waals surface area contributed by atoms with Gasteiger partial charge in [-0.15, -0.1) is 0 Å². The molecule has 3 aliphatic rings. The molecule has 2 aliphatic heterocycles. The molecule has 1 aromatic heterocycles. The van der Waals surface area contributed by atoms with Crippen molar-refractivity contribution in [2.24, 2.45) is 5.92 Å². The van der Waals surface area contributed by atoms with Gasteiger partial charge in [0.05, 0.1) is 0 Å². The first-order chi connectivity index (χ1) is 12.1. The Morgan fingerprint density at radius 3 is 2.60 bits per heavy atom. The van der Waals surface area contributed by atoms with Crippen LogP contribution in [0, 0.1) is 5.92 Å². The number of carbonyl (C=O) groups is 2. The fraction of sp³-hybridized carbons (Fsp3) is 0.667. The summed E-state index contributed by atoms with van der Waals surface area (Å²) in [6, 6.07) is -0.379. The fourth-order valence-electron chi connectivity index (χ4n) is 4.47. The lowest BCUT2D eigenvalue weighted by Crippen LogP contribution is -2.54. The molecule has 25 heavy (non-hydrogen) atoms. The van der Waals surface area contributed by atoms with E-state index in [2.05, 4.69) is 25.5 Å². The van der Waals surface area contributed by atoms with Gasteiger partial charge in [-0.1, -0.05) is 6.42 Å². The summed E-state index contributed by atoms with van der Waals surface area (Å²) in [7, 11) is 0. The van der Waals surface area contributed by atoms with Crippen LogP contribution in [-0.4, -0.2) is 40.5 Å². The summed E-state index contributed by atoms with van der Waals surface area (Å²) in [5.41, 5.74) is 1.74. The highest BCUT2D eigenvalue weighted by Gasteiger charge is 2.48. The average molecular weight is 343 g/mol. The average Bonchev–Trinajstić information content (AvgIpc) is 2.79. The molecule has 1 aliphatic carbocycles. The van der Waals surface area contributed by atoms with Gasteiger partial charge in [0.25, 0.3) is 5.91 Å². The van der Waals surface area contributed by atoms with Crippen molar-refractivity contribution in [3.63, 3.8) is 0 Å². The Bertz CT molecular complexity index is 699. The molecule has 2 fully saturated rings. The number of piperidine rings is 1. The maximum absolute atomic E-state index is 12.2. The monoisotopic (exact) mass is 343 g/mol. The number of hydrogen-bond acceptors (Lipinski definition) is 5. The molecular formula is C18H25N5O2. The van der Waals surface area contributed by atoms with Crippen LogP contribution in [0.1, 0.15) is 50.3 Å². The second-order valence-electron chi connectivity index (χ2n) is 7.56. The molecule has 0 bridgehead atoms. The largest absolute Gasteiger partial charge is 0.356 e. The number of carbonyl (C=O) groups excluding carboxylic acids is 2. The van der Waals surface area contributed by atoms with Crippen LogP contribution in [0.5, 0.6) is 0 Å². The van der Waals surface area contributed by atoms with E-state index in [9.17, 15) is 9.59 Å². The summed E-state index contributed by atoms with van der Waals surface area (Å²) in [6.07, 6.45) is 9.19. The molecule has 1 aromatic rings. The summed E-state index contributed by atoms with van der Waals surface area (Å²) >= 11 is 0. The van der Waals surface area contributed by atoms with E-state index in [4.69, 9.17) is 0 Å². The molecule has 0 radical (unpaired) electrons. The van der Waals surface area contributed by atoms with Gasteiger partial charge in [0, 0.05) is 24.3 Å². The van der Waals surface area contributed by atoms with E-state index in [1.54, 1.807) is 6.33 Å². The first-order valence-corrected chi connectivity index (χ1v) is 9.29. The number of anilines is 1. The number of nitrogens with one attached hydrogen (secondary N) is 2. The Hall–Kier alpha value is -2.18. The van der Waals surface area contributed by atoms with Crippen LogP contribution in [0.25, 0.3) is 0 Å². The van der Waals surface area contributed by atoms with Crippen LogP contribution in [0.3, 0.4) is 0 Å². The molecule has 3 amide bonds. The van der Waals surface area contributed by atoms with Crippen LogP contribution in [0.4, 0.5) is 10.6 Å². The van der Waals surface area contributed by atoms with E-state index in [1.165, 1.54) is 30.5 Å². The number of fused-ring (bicyclic) bond motifs is 1. The minimum Gasteiger partial charge on any atom is -0.356 e. The molecule has 2 saturated heterocycles. The number of nitrogens with zero attached hydrogens (tertiary/aromatic N) is 3. The van der Waals surface area contributed by atoms with Crippen molar-refractivity contribution in [2.75, 3.05) is 18.0 Å². The van der Waals surface area contributed by atoms with Gasteiger partial charge in [0.15, 0.2) is 0 Å². The quantitative estimate of drug-likeness (QED) is 0.628. The molecule has 134 valence electrons. The zero-order valence-corrected chi connectivity index (χ0v) is 14.7. The van der Waals surface area contributed by atoms with Crippen molar-refractivity contribution in [1.29, 1.82) is 0 Å². The van der Waals surface area contributed by atoms with Crippen molar-refractivity contribution in [3.05, 3.63) is 17.6 Å². The number of hydrogen-bond donors (Lipinski definition) is 2. The zero-order valence-electron chi connectivity index (χ0n) is 14.7. The maximum Gasteiger partial charge on any atom is 0.322 e. The van der Waals surface area contributed by atoms with E-state index < -0.39 is 5.54 Å². The number of rotatable bonds is 2. The van der Waals surface area contributed by atoms with Crippen molar-refractivity contribution in [2.45, 2.75) is 57.4 Å². The number of aromatic nitrogens is 2. The lowest BCUT2D eigenvalue weighted by Gasteiger charge is -2.39. The van der Waals surface area contributed by atoms with Gasteiger partial charge in [-0.05, 0) is 51.4 Å². The molecule has 4 rings (SSSR count). The van der Waals surface area contributed by atoms with Crippen molar-refractivity contribution in [3.8, 4) is 0 Å². The third-order valence-corrected chi connectivity index (χ3v) is 6.04. The topological polar surface area (TPSA) is 87.2 Å². The van der Waals surface area contributed by atoms with Crippen molar-refractivity contribution >= 4 is 17.8 Å². The van der Waals surface area contributed by atoms with Gasteiger partial charge in [0.1, 0.15) is 17.7 Å². The van der Waals surface area contributed by atoms with Gasteiger partial charge in [-0.3, -0.25) is 10.1 Å². The van der Waals surface area contributed by atoms with Crippen LogP contribution in [-0.2, 0) is 17.6 Å². The summed E-state index contributed by atoms with van der Waals surface area (Å²) in [5.74, 6) is 1.03. The highest BCUT2D eigenvalue weighted by molar-refractivity contribution is 6.06. The summed E-state index contributed by atoms with van der Waals surface area (Å²) in [5, 5.41) is 5.19. The molecule has 7 nitrogen and oxygen atoms in total. The fourth-order valence-corrected chi connectivity index (χ4v) is 4.47. The van der Waals surface area contributed by atoms with Gasteiger partial charge < -0.3 is 10.2 Å². The van der Waals surface area contributed by atoms with Crippen molar-refractivity contribution < 1.29 is 9.59 Å². The Morgan fingerprint density at radius 1 is 1.12 bits per heavy atom. The molecule has 0 aromatic carbocycles. The summed E-state index contributed by atoms with van der Waals surface area (Å²) < 4.78 is 0. The van der Waals surface area contributed by atoms with Crippen LogP contribution in [0.2, 0.25) is 0 Å². The van der Waals surface area contributed by atoms with Crippen LogP contribution >= 0.6 is 0 Å². The Balaban J connectivity index is 1.50. The van der Waals surface area contributed by atoms with Crippen LogP contribution < -0.4 is 15.5 Å². The minimum atomic E-state index is -0.786. The number of imide groups is 1. The molecule has 3 heterocycles. The first-order valence-electron chi connectivity index (χ1n) is 9.29. The molecule has 1 atom stereocenters. The molecule has 1 unspecified atom stereocenters. The zero-order chi connectivity index (χ0) is 17.4. The van der Waals surface area contributed by atoms with E-state index in [1.807, 2.05) is 6.92 Å². The lowest BCUT2D eigenvalue weighted by atomic mass is 9.79. The van der Waals surface area contributed by atoms with Crippen molar-refractivity contribution in [1.82, 2.24) is 20.6 Å². The number of amides is 3. The smallest absolute Gasteiger partial charge is 0.322 e. The Labute approximate surface area is 147 Å². The summed E-state index contributed by atoms with van der Waals surface area (Å²) in [6.45, 7) is 3.55. The first kappa shape index (κ1) is 16.3. The lowest BCUT2D eigenvalue weighted by molar-refractivity contribution is -0.125. The standard InChI is InChI=1S/C18H25N5O2/c1-18(16(24)21-17(25)22-18)12-7-9-23(10-8-12)15-13-5-3-2-4-6-14(13)19-11-20-15/h11-12H,2-10H2,1H3,(H2,21,22,24,25). The number of urea groups is 1. The summed E-state index contributed by atoms with van der Waals surface area (Å²) in [4.78, 5) is 35.1. The second kappa shape index (κ2) is 6.28. The minimum absolute atomic E-state index is 0.149. The van der Waals surface area contributed by atoms with E-state index in [0.717, 1.165) is 44.6 Å². The molecule has 2 N–H and O–H groups in total. The van der Waals surface area contributed by atoms with Gasteiger partial charge in [0.2, 0.25) is 0 Å². The molecular weight excluding hydrogens is 318 g/mol. The predicted octanol–water partition coefficient (Wildman–Crippen LogP) is 1.56. The predicted molar refractivity (Wildman–Crippen MR) is 93.3 cm³/mol. The third-order valence-electron chi connectivity index (χ3n) is 6.04. The normalized spacial score (nSPS) is 27.5. The molecule has 0 saturated carbocycles. The Kier molecular flexibility index (Phi) is 4.09. The van der Waals surface area contributed by atoms with Crippen LogP contribution in [0.15, 0.2) is 6.33 Å². The Morgan fingerprint density at radius 2 is 1.88 bits per heavy atom. The second-order valence-corrected chi connectivity index (χ2v) is 7.56. The van der Waals surface area contributed by atoms with E-state index in [-0.39, 0.29) is 17.9 Å². The SMILES string of the molecule is CC1(C2CCN(c3ncnc4c3CCCCC4)CC2)NC(=O)NC1=O. The van der Waals surface area contributed by atoms with E-state index in [0.29, 0.717) is 0 Å². The van der Waals surface area contributed by atoms with Gasteiger partial charge >= 0.3 is 6.03 Å². The number of aryl methyl sites for hydroxylation is 1. The van der Waals surface area contributed by atoms with Gasteiger partial charge in [-0.2, -0.15) is 0 Å². The maximum atomic E-state index is 12.2. The third kappa shape index (κ3) is 2.85. The molecule has 7 heteroatoms.